The quantitative estimate of drug-likeness (QED) is 0.847. The van der Waals surface area contributed by atoms with Gasteiger partial charge in [-0.25, -0.2) is 18.1 Å². The summed E-state index contributed by atoms with van der Waals surface area (Å²) in [5.74, 6) is 0.460. The molecule has 116 valence electrons. The first-order valence-corrected chi connectivity index (χ1v) is 8.20. The molecule has 0 amide bonds. The highest BCUT2D eigenvalue weighted by molar-refractivity contribution is 7.89. The van der Waals surface area contributed by atoms with Gasteiger partial charge in [0.05, 0.1) is 6.33 Å². The summed E-state index contributed by atoms with van der Waals surface area (Å²) in [4.78, 5) is 4.00. The molecule has 1 aromatic heterocycles. The molecular formula is C12H23ClN4O2S. The first-order chi connectivity index (χ1) is 8.97. The van der Waals surface area contributed by atoms with Gasteiger partial charge in [-0.15, -0.1) is 12.4 Å². The minimum absolute atomic E-state index is 0. The van der Waals surface area contributed by atoms with Gasteiger partial charge < -0.3 is 9.88 Å². The van der Waals surface area contributed by atoms with Crippen LogP contribution in [0.25, 0.3) is 0 Å². The average molecular weight is 323 g/mol. The lowest BCUT2D eigenvalue weighted by Gasteiger charge is -2.22. The second kappa shape index (κ2) is 7.40. The first kappa shape index (κ1) is 17.4. The van der Waals surface area contributed by atoms with E-state index in [1.807, 2.05) is 4.57 Å². The molecule has 1 saturated heterocycles. The van der Waals surface area contributed by atoms with E-state index in [-0.39, 0.29) is 23.5 Å². The van der Waals surface area contributed by atoms with Crippen molar-refractivity contribution in [1.82, 2.24) is 19.6 Å². The van der Waals surface area contributed by atoms with Gasteiger partial charge in [-0.2, -0.15) is 0 Å². The Morgan fingerprint density at radius 1 is 1.45 bits per heavy atom. The number of imidazole rings is 1. The van der Waals surface area contributed by atoms with Crippen molar-refractivity contribution in [3.63, 3.8) is 0 Å². The SMILES string of the molecule is CC(C)Cn1cnc(S(=O)(=O)NC2CCNCC2)c1.Cl. The number of hydrogen-bond donors (Lipinski definition) is 2. The summed E-state index contributed by atoms with van der Waals surface area (Å²) in [5.41, 5.74) is 0. The largest absolute Gasteiger partial charge is 0.336 e. The van der Waals surface area contributed by atoms with Gasteiger partial charge in [0.1, 0.15) is 0 Å². The van der Waals surface area contributed by atoms with Crippen LogP contribution in [-0.4, -0.2) is 37.1 Å². The average Bonchev–Trinajstić information content (AvgIpc) is 2.78. The van der Waals surface area contributed by atoms with Gasteiger partial charge in [0.15, 0.2) is 5.03 Å². The molecule has 0 atom stereocenters. The summed E-state index contributed by atoms with van der Waals surface area (Å²) in [7, 11) is -3.48. The second-order valence-electron chi connectivity index (χ2n) is 5.45. The Kier molecular flexibility index (Phi) is 6.44. The molecule has 0 radical (unpaired) electrons. The summed E-state index contributed by atoms with van der Waals surface area (Å²) in [6, 6.07) is 0.0153. The molecule has 0 saturated carbocycles. The Morgan fingerprint density at radius 3 is 2.70 bits per heavy atom. The van der Waals surface area contributed by atoms with Gasteiger partial charge >= 0.3 is 0 Å². The molecule has 0 bridgehead atoms. The van der Waals surface area contributed by atoms with Gasteiger partial charge in [0.25, 0.3) is 10.0 Å². The smallest absolute Gasteiger partial charge is 0.259 e. The molecule has 2 rings (SSSR count). The zero-order valence-corrected chi connectivity index (χ0v) is 13.5. The van der Waals surface area contributed by atoms with E-state index in [2.05, 4.69) is 28.9 Å². The number of hydrogen-bond acceptors (Lipinski definition) is 4. The van der Waals surface area contributed by atoms with Crippen molar-refractivity contribution < 1.29 is 8.42 Å². The van der Waals surface area contributed by atoms with Crippen molar-refractivity contribution in [3.8, 4) is 0 Å². The fourth-order valence-electron chi connectivity index (χ4n) is 2.22. The van der Waals surface area contributed by atoms with E-state index in [0.717, 1.165) is 32.5 Å². The predicted molar refractivity (Wildman–Crippen MR) is 80.5 cm³/mol. The summed E-state index contributed by atoms with van der Waals surface area (Å²) in [6.07, 6.45) is 4.83. The first-order valence-electron chi connectivity index (χ1n) is 6.72. The Hall–Kier alpha value is -0.630. The van der Waals surface area contributed by atoms with E-state index in [4.69, 9.17) is 0 Å². The maximum Gasteiger partial charge on any atom is 0.259 e. The van der Waals surface area contributed by atoms with E-state index < -0.39 is 10.0 Å². The predicted octanol–water partition coefficient (Wildman–Crippen LogP) is 0.991. The van der Waals surface area contributed by atoms with Crippen LogP contribution in [0, 0.1) is 5.92 Å². The number of halogens is 1. The zero-order valence-electron chi connectivity index (χ0n) is 11.9. The van der Waals surface area contributed by atoms with Crippen LogP contribution in [0.5, 0.6) is 0 Å². The molecule has 1 aromatic rings. The highest BCUT2D eigenvalue weighted by atomic mass is 35.5. The maximum absolute atomic E-state index is 12.2. The Balaban J connectivity index is 0.00000200. The number of nitrogens with one attached hydrogen (secondary N) is 2. The maximum atomic E-state index is 12.2. The van der Waals surface area contributed by atoms with Gasteiger partial charge in [-0.1, -0.05) is 13.8 Å². The second-order valence-corrected chi connectivity index (χ2v) is 7.11. The van der Waals surface area contributed by atoms with Gasteiger partial charge in [-0.3, -0.25) is 0 Å². The van der Waals surface area contributed by atoms with Gasteiger partial charge in [0, 0.05) is 18.8 Å². The monoisotopic (exact) mass is 322 g/mol. The molecule has 1 fully saturated rings. The van der Waals surface area contributed by atoms with Crippen molar-refractivity contribution in [2.75, 3.05) is 13.1 Å². The van der Waals surface area contributed by atoms with Crippen LogP contribution in [0.3, 0.4) is 0 Å². The minimum atomic E-state index is -3.48. The summed E-state index contributed by atoms with van der Waals surface area (Å²) in [5, 5.41) is 3.33. The number of nitrogens with zero attached hydrogens (tertiary/aromatic N) is 2. The molecule has 1 aliphatic heterocycles. The molecule has 0 unspecified atom stereocenters. The highest BCUT2D eigenvalue weighted by Crippen LogP contribution is 2.11. The molecule has 2 N–H and O–H groups in total. The lowest BCUT2D eigenvalue weighted by atomic mass is 10.1. The molecular weight excluding hydrogens is 300 g/mol. The topological polar surface area (TPSA) is 76.0 Å². The summed E-state index contributed by atoms with van der Waals surface area (Å²) in [6.45, 7) is 6.66. The van der Waals surface area contributed by atoms with Crippen molar-refractivity contribution in [2.45, 2.75) is 44.3 Å². The Labute approximate surface area is 126 Å². The number of sulfonamides is 1. The molecule has 0 aliphatic carbocycles. The van der Waals surface area contributed by atoms with E-state index >= 15 is 0 Å². The standard InChI is InChI=1S/C12H22N4O2S.ClH/c1-10(2)7-16-8-12(14-9-16)19(17,18)15-11-3-5-13-6-4-11;/h8-11,13,15H,3-7H2,1-2H3;1H. The van der Waals surface area contributed by atoms with Crippen LogP contribution in [0.15, 0.2) is 17.6 Å². The van der Waals surface area contributed by atoms with Crippen LogP contribution in [0.4, 0.5) is 0 Å². The van der Waals surface area contributed by atoms with E-state index in [0.29, 0.717) is 5.92 Å². The Morgan fingerprint density at radius 2 is 2.10 bits per heavy atom. The molecule has 2 heterocycles. The third kappa shape index (κ3) is 4.73. The van der Waals surface area contributed by atoms with E-state index in [9.17, 15) is 8.42 Å². The van der Waals surface area contributed by atoms with Crippen molar-refractivity contribution >= 4 is 22.4 Å². The molecule has 0 aromatic carbocycles. The molecule has 20 heavy (non-hydrogen) atoms. The lowest BCUT2D eigenvalue weighted by molar-refractivity contribution is 0.426. The summed E-state index contributed by atoms with van der Waals surface area (Å²) >= 11 is 0. The summed E-state index contributed by atoms with van der Waals surface area (Å²) < 4.78 is 28.9. The van der Waals surface area contributed by atoms with Crippen LogP contribution in [-0.2, 0) is 16.6 Å². The number of piperidine rings is 1. The normalized spacial score (nSPS) is 17.1. The zero-order chi connectivity index (χ0) is 13.9. The van der Waals surface area contributed by atoms with Gasteiger partial charge in [0.2, 0.25) is 0 Å². The molecule has 8 heteroatoms. The van der Waals surface area contributed by atoms with Crippen LogP contribution < -0.4 is 10.0 Å². The minimum Gasteiger partial charge on any atom is -0.336 e. The Bertz CT molecular complexity index is 509. The van der Waals surface area contributed by atoms with Crippen molar-refractivity contribution in [3.05, 3.63) is 12.5 Å². The van der Waals surface area contributed by atoms with Crippen LogP contribution >= 0.6 is 12.4 Å². The van der Waals surface area contributed by atoms with Crippen molar-refractivity contribution in [1.29, 1.82) is 0 Å². The van der Waals surface area contributed by atoms with Crippen LogP contribution in [0.2, 0.25) is 0 Å². The molecule has 0 spiro atoms. The lowest BCUT2D eigenvalue weighted by Crippen LogP contribution is -2.42. The number of aromatic nitrogens is 2. The molecule has 6 nitrogen and oxygen atoms in total. The fourth-order valence-corrected chi connectivity index (χ4v) is 3.47. The van der Waals surface area contributed by atoms with E-state index in [1.54, 1.807) is 12.5 Å². The van der Waals surface area contributed by atoms with Crippen molar-refractivity contribution in [2.24, 2.45) is 5.92 Å². The third-order valence-electron chi connectivity index (χ3n) is 3.12. The highest BCUT2D eigenvalue weighted by Gasteiger charge is 2.23. The fraction of sp³-hybridized carbons (Fsp3) is 0.750. The molecule has 1 aliphatic rings. The van der Waals surface area contributed by atoms with E-state index in [1.165, 1.54) is 0 Å². The van der Waals surface area contributed by atoms with Crippen LogP contribution in [0.1, 0.15) is 26.7 Å². The van der Waals surface area contributed by atoms with Gasteiger partial charge in [-0.05, 0) is 31.8 Å². The number of rotatable bonds is 5. The third-order valence-corrected chi connectivity index (χ3v) is 4.53.